The second-order valence-electron chi connectivity index (χ2n) is 5.80. The van der Waals surface area contributed by atoms with Gasteiger partial charge < -0.3 is 4.74 Å². The Bertz CT molecular complexity index is 715. The van der Waals surface area contributed by atoms with Crippen molar-refractivity contribution in [1.82, 2.24) is 4.90 Å². The molecule has 0 unspecified atom stereocenters. The van der Waals surface area contributed by atoms with E-state index in [0.29, 0.717) is 19.4 Å². The number of hydrogen-bond donors (Lipinski definition) is 0. The van der Waals surface area contributed by atoms with E-state index in [9.17, 15) is 9.59 Å². The predicted octanol–water partition coefficient (Wildman–Crippen LogP) is 3.97. The number of carbonyl (C=O) groups is 2. The fourth-order valence-corrected chi connectivity index (χ4v) is 3.08. The number of halogens is 1. The van der Waals surface area contributed by atoms with Crippen LogP contribution in [0.4, 0.5) is 4.79 Å². The standard InChI is InChI=1S/C19H18BrNO3/c20-16-8-6-14(7-9-16)12-17-18(22)10-11-21(17)19(23)24-13-15-4-2-1-3-5-15/h1-9,17H,10-13H2/t17-/m0/s1. The Morgan fingerprint density at radius 3 is 2.50 bits per heavy atom. The highest BCUT2D eigenvalue weighted by molar-refractivity contribution is 9.10. The average molecular weight is 388 g/mol. The summed E-state index contributed by atoms with van der Waals surface area (Å²) in [5.41, 5.74) is 1.96. The summed E-state index contributed by atoms with van der Waals surface area (Å²) in [5, 5.41) is 0. The maximum Gasteiger partial charge on any atom is 0.410 e. The highest BCUT2D eigenvalue weighted by atomic mass is 79.9. The average Bonchev–Trinajstić information content (AvgIpc) is 2.96. The van der Waals surface area contributed by atoms with E-state index >= 15 is 0 Å². The van der Waals surface area contributed by atoms with E-state index in [1.807, 2.05) is 54.6 Å². The van der Waals surface area contributed by atoms with E-state index in [-0.39, 0.29) is 12.4 Å². The van der Waals surface area contributed by atoms with Gasteiger partial charge in [-0.15, -0.1) is 0 Å². The summed E-state index contributed by atoms with van der Waals surface area (Å²) in [6.45, 7) is 0.642. The monoisotopic (exact) mass is 387 g/mol. The molecule has 1 aliphatic heterocycles. The number of ketones is 1. The molecule has 1 heterocycles. The third-order valence-corrected chi connectivity index (χ3v) is 4.66. The minimum Gasteiger partial charge on any atom is -0.445 e. The van der Waals surface area contributed by atoms with Crippen LogP contribution in [0, 0.1) is 0 Å². The number of benzene rings is 2. The van der Waals surface area contributed by atoms with Gasteiger partial charge in [0.2, 0.25) is 0 Å². The highest BCUT2D eigenvalue weighted by Crippen LogP contribution is 2.21. The Kier molecular flexibility index (Phi) is 5.30. The largest absolute Gasteiger partial charge is 0.445 e. The zero-order chi connectivity index (χ0) is 16.9. The quantitative estimate of drug-likeness (QED) is 0.796. The van der Waals surface area contributed by atoms with Crippen molar-refractivity contribution in [2.75, 3.05) is 6.54 Å². The number of carbonyl (C=O) groups excluding carboxylic acids is 2. The van der Waals surface area contributed by atoms with Gasteiger partial charge in [-0.05, 0) is 23.3 Å². The van der Waals surface area contributed by atoms with Gasteiger partial charge in [-0.2, -0.15) is 0 Å². The van der Waals surface area contributed by atoms with Crippen LogP contribution in [0.25, 0.3) is 0 Å². The molecule has 2 aromatic rings. The van der Waals surface area contributed by atoms with Gasteiger partial charge in [-0.25, -0.2) is 4.79 Å². The molecule has 1 saturated heterocycles. The number of Topliss-reactive ketones (excluding diaryl/α,β-unsaturated/α-hetero) is 1. The van der Waals surface area contributed by atoms with Crippen LogP contribution in [-0.2, 0) is 22.6 Å². The van der Waals surface area contributed by atoms with Gasteiger partial charge in [-0.3, -0.25) is 9.69 Å². The molecule has 124 valence electrons. The van der Waals surface area contributed by atoms with Crippen LogP contribution in [0.2, 0.25) is 0 Å². The topological polar surface area (TPSA) is 46.6 Å². The summed E-state index contributed by atoms with van der Waals surface area (Å²) in [6, 6.07) is 16.9. The van der Waals surface area contributed by atoms with Crippen LogP contribution in [0.3, 0.4) is 0 Å². The van der Waals surface area contributed by atoms with Crippen LogP contribution in [0.15, 0.2) is 59.1 Å². The van der Waals surface area contributed by atoms with Crippen LogP contribution in [0.1, 0.15) is 17.5 Å². The summed E-state index contributed by atoms with van der Waals surface area (Å²) < 4.78 is 6.36. The van der Waals surface area contributed by atoms with E-state index in [0.717, 1.165) is 15.6 Å². The van der Waals surface area contributed by atoms with Gasteiger partial charge in [0.15, 0.2) is 5.78 Å². The van der Waals surface area contributed by atoms with Crippen LogP contribution >= 0.6 is 15.9 Å². The lowest BCUT2D eigenvalue weighted by atomic mass is 10.0. The fourth-order valence-electron chi connectivity index (χ4n) is 2.82. The van der Waals surface area contributed by atoms with Gasteiger partial charge in [0.1, 0.15) is 6.61 Å². The molecular formula is C19H18BrNO3. The number of hydrogen-bond acceptors (Lipinski definition) is 3. The van der Waals surface area contributed by atoms with Crippen molar-refractivity contribution in [2.45, 2.75) is 25.5 Å². The molecule has 0 bridgehead atoms. The van der Waals surface area contributed by atoms with Gasteiger partial charge in [0.05, 0.1) is 6.04 Å². The zero-order valence-corrected chi connectivity index (χ0v) is 14.7. The smallest absolute Gasteiger partial charge is 0.410 e. The van der Waals surface area contributed by atoms with E-state index in [4.69, 9.17) is 4.74 Å². The van der Waals surface area contributed by atoms with Gasteiger partial charge >= 0.3 is 6.09 Å². The van der Waals surface area contributed by atoms with E-state index in [1.165, 1.54) is 0 Å². The molecule has 0 spiro atoms. The first-order valence-electron chi connectivity index (χ1n) is 7.88. The molecule has 3 rings (SSSR count). The molecule has 2 aromatic carbocycles. The lowest BCUT2D eigenvalue weighted by Gasteiger charge is -2.23. The summed E-state index contributed by atoms with van der Waals surface area (Å²) in [4.78, 5) is 26.1. The number of likely N-dealkylation sites (tertiary alicyclic amines) is 1. The van der Waals surface area contributed by atoms with Crippen LogP contribution < -0.4 is 0 Å². The molecule has 0 saturated carbocycles. The molecule has 24 heavy (non-hydrogen) atoms. The Morgan fingerprint density at radius 1 is 1.08 bits per heavy atom. The van der Waals surface area contributed by atoms with E-state index < -0.39 is 12.1 Å². The Hall–Kier alpha value is -2.14. The Balaban J connectivity index is 1.63. The molecule has 4 nitrogen and oxygen atoms in total. The van der Waals surface area contributed by atoms with Crippen molar-refractivity contribution in [3.63, 3.8) is 0 Å². The Morgan fingerprint density at radius 2 is 1.79 bits per heavy atom. The van der Waals surface area contributed by atoms with Crippen molar-refractivity contribution >= 4 is 27.8 Å². The van der Waals surface area contributed by atoms with Crippen molar-refractivity contribution in [3.05, 3.63) is 70.2 Å². The minimum atomic E-state index is -0.436. The molecule has 1 aliphatic rings. The minimum absolute atomic E-state index is 0.0922. The molecular weight excluding hydrogens is 370 g/mol. The van der Waals surface area contributed by atoms with E-state index in [2.05, 4.69) is 15.9 Å². The summed E-state index contributed by atoms with van der Waals surface area (Å²) in [5.74, 6) is 0.0922. The highest BCUT2D eigenvalue weighted by Gasteiger charge is 2.36. The first-order chi connectivity index (χ1) is 11.6. The van der Waals surface area contributed by atoms with Gasteiger partial charge in [0.25, 0.3) is 0 Å². The lowest BCUT2D eigenvalue weighted by molar-refractivity contribution is -0.119. The molecule has 1 atom stereocenters. The Labute approximate surface area is 149 Å². The van der Waals surface area contributed by atoms with Gasteiger partial charge in [-0.1, -0.05) is 58.4 Å². The van der Waals surface area contributed by atoms with Crippen molar-refractivity contribution < 1.29 is 14.3 Å². The van der Waals surface area contributed by atoms with Crippen molar-refractivity contribution in [1.29, 1.82) is 0 Å². The summed E-state index contributed by atoms with van der Waals surface area (Å²) >= 11 is 3.40. The molecule has 0 N–H and O–H groups in total. The second kappa shape index (κ2) is 7.62. The number of rotatable bonds is 4. The normalized spacial score (nSPS) is 17.1. The van der Waals surface area contributed by atoms with Crippen LogP contribution in [-0.4, -0.2) is 29.4 Å². The maximum absolute atomic E-state index is 12.4. The maximum atomic E-state index is 12.4. The lowest BCUT2D eigenvalue weighted by Crippen LogP contribution is -2.39. The third-order valence-electron chi connectivity index (χ3n) is 4.13. The number of nitrogens with zero attached hydrogens (tertiary/aromatic N) is 1. The zero-order valence-electron chi connectivity index (χ0n) is 13.2. The molecule has 0 aromatic heterocycles. The molecule has 1 amide bonds. The molecule has 5 heteroatoms. The second-order valence-corrected chi connectivity index (χ2v) is 6.71. The predicted molar refractivity (Wildman–Crippen MR) is 94.6 cm³/mol. The molecule has 1 fully saturated rings. The summed E-state index contributed by atoms with van der Waals surface area (Å²) in [7, 11) is 0. The fraction of sp³-hybridized carbons (Fsp3) is 0.263. The third kappa shape index (κ3) is 4.03. The van der Waals surface area contributed by atoms with Crippen molar-refractivity contribution in [2.24, 2.45) is 0 Å². The number of amides is 1. The first kappa shape index (κ1) is 16.7. The SMILES string of the molecule is O=C1CCN(C(=O)OCc2ccccc2)[C@H]1Cc1ccc(Br)cc1. The van der Waals surface area contributed by atoms with Gasteiger partial charge in [0, 0.05) is 23.9 Å². The summed E-state index contributed by atoms with van der Waals surface area (Å²) in [6.07, 6.45) is 0.487. The molecule has 0 aliphatic carbocycles. The molecule has 0 radical (unpaired) electrons. The number of ether oxygens (including phenoxy) is 1. The van der Waals surface area contributed by atoms with E-state index in [1.54, 1.807) is 4.90 Å². The first-order valence-corrected chi connectivity index (χ1v) is 8.67. The van der Waals surface area contributed by atoms with Crippen molar-refractivity contribution in [3.8, 4) is 0 Å². The van der Waals surface area contributed by atoms with Crippen LogP contribution in [0.5, 0.6) is 0 Å².